The topological polar surface area (TPSA) is 64.2 Å². The maximum absolute atomic E-state index is 12.5. The molecule has 0 aromatic carbocycles. The average Bonchev–Trinajstić information content (AvgIpc) is 3.17. The van der Waals surface area contributed by atoms with Gasteiger partial charge in [0.1, 0.15) is 0 Å². The fourth-order valence-electron chi connectivity index (χ4n) is 3.29. The van der Waals surface area contributed by atoms with Gasteiger partial charge >= 0.3 is 0 Å². The molecule has 1 amide bonds. The van der Waals surface area contributed by atoms with E-state index in [-0.39, 0.29) is 18.0 Å². The van der Waals surface area contributed by atoms with E-state index in [4.69, 9.17) is 5.73 Å². The number of amides is 1. The Labute approximate surface area is 120 Å². The normalized spacial score (nSPS) is 27.7. The Morgan fingerprint density at radius 3 is 2.90 bits per heavy atom. The molecule has 1 aromatic rings. The highest BCUT2D eigenvalue weighted by Gasteiger charge is 2.42. The van der Waals surface area contributed by atoms with Crippen molar-refractivity contribution in [2.45, 2.75) is 70.1 Å². The molecule has 2 heterocycles. The zero-order chi connectivity index (χ0) is 14.1. The van der Waals surface area contributed by atoms with Crippen LogP contribution in [0.15, 0.2) is 12.5 Å². The van der Waals surface area contributed by atoms with Gasteiger partial charge in [-0.05, 0) is 32.1 Å². The van der Waals surface area contributed by atoms with Crippen molar-refractivity contribution >= 4 is 5.91 Å². The molecule has 3 rings (SSSR count). The largest absolute Gasteiger partial charge is 0.333 e. The van der Waals surface area contributed by atoms with Gasteiger partial charge < -0.3 is 15.2 Å². The summed E-state index contributed by atoms with van der Waals surface area (Å²) in [4.78, 5) is 18.8. The van der Waals surface area contributed by atoms with Gasteiger partial charge in [-0.1, -0.05) is 6.92 Å². The van der Waals surface area contributed by atoms with E-state index >= 15 is 0 Å². The predicted molar refractivity (Wildman–Crippen MR) is 77.0 cm³/mol. The first kappa shape index (κ1) is 13.6. The summed E-state index contributed by atoms with van der Waals surface area (Å²) < 4.78 is 2.17. The third-order valence-electron chi connectivity index (χ3n) is 4.37. The minimum Gasteiger partial charge on any atom is -0.333 e. The number of carbonyl (C=O) groups is 1. The molecule has 1 aromatic heterocycles. The fourth-order valence-corrected chi connectivity index (χ4v) is 3.29. The van der Waals surface area contributed by atoms with Crippen molar-refractivity contribution < 1.29 is 4.79 Å². The second kappa shape index (κ2) is 5.56. The van der Waals surface area contributed by atoms with E-state index in [1.165, 1.54) is 0 Å². The summed E-state index contributed by atoms with van der Waals surface area (Å²) in [5, 5.41) is 0. The van der Waals surface area contributed by atoms with Crippen LogP contribution in [0, 0.1) is 0 Å². The second-order valence-corrected chi connectivity index (χ2v) is 6.05. The monoisotopic (exact) mass is 276 g/mol. The summed E-state index contributed by atoms with van der Waals surface area (Å²) >= 11 is 0. The molecule has 1 saturated carbocycles. The van der Waals surface area contributed by atoms with E-state index in [0.29, 0.717) is 12.5 Å². The number of aryl methyl sites for hydroxylation is 1. The zero-order valence-electron chi connectivity index (χ0n) is 12.2. The third kappa shape index (κ3) is 2.46. The first-order chi connectivity index (χ1) is 9.72. The van der Waals surface area contributed by atoms with Crippen molar-refractivity contribution in [2.75, 3.05) is 0 Å². The number of likely N-dealkylation sites (tertiary alicyclic amines) is 1. The maximum Gasteiger partial charge on any atom is 0.223 e. The van der Waals surface area contributed by atoms with Gasteiger partial charge in [0.15, 0.2) is 0 Å². The quantitative estimate of drug-likeness (QED) is 0.912. The Hall–Kier alpha value is -1.36. The van der Waals surface area contributed by atoms with Gasteiger partial charge in [0.2, 0.25) is 5.91 Å². The molecule has 0 radical (unpaired) electrons. The summed E-state index contributed by atoms with van der Waals surface area (Å²) in [6.45, 7) is 3.09. The lowest BCUT2D eigenvalue weighted by molar-refractivity contribution is -0.134. The van der Waals surface area contributed by atoms with E-state index in [9.17, 15) is 4.79 Å². The fraction of sp³-hybridized carbons (Fsp3) is 0.733. The molecule has 5 heteroatoms. The summed E-state index contributed by atoms with van der Waals surface area (Å²) in [6, 6.07) is 0.433. The molecule has 1 aliphatic heterocycles. The molecule has 1 saturated heterocycles. The molecule has 110 valence electrons. The van der Waals surface area contributed by atoms with Crippen LogP contribution in [0.25, 0.3) is 0 Å². The van der Waals surface area contributed by atoms with Gasteiger partial charge in [-0.3, -0.25) is 4.79 Å². The molecule has 1 aliphatic carbocycles. The highest BCUT2D eigenvalue weighted by Crippen LogP contribution is 2.39. The number of rotatable bonds is 4. The molecule has 20 heavy (non-hydrogen) atoms. The number of aromatic nitrogens is 2. The van der Waals surface area contributed by atoms with Crippen LogP contribution < -0.4 is 5.73 Å². The number of nitrogens with two attached hydrogens (primary N) is 1. The summed E-state index contributed by atoms with van der Waals surface area (Å²) in [5.41, 5.74) is 7.53. The van der Waals surface area contributed by atoms with Crippen molar-refractivity contribution in [3.8, 4) is 0 Å². The van der Waals surface area contributed by atoms with Crippen LogP contribution >= 0.6 is 0 Å². The van der Waals surface area contributed by atoms with Crippen LogP contribution in [0.1, 0.15) is 57.2 Å². The summed E-state index contributed by atoms with van der Waals surface area (Å²) in [7, 11) is 0. The minimum absolute atomic E-state index is 0.00606. The Morgan fingerprint density at radius 1 is 1.40 bits per heavy atom. The smallest absolute Gasteiger partial charge is 0.223 e. The van der Waals surface area contributed by atoms with Crippen molar-refractivity contribution in [1.82, 2.24) is 14.5 Å². The van der Waals surface area contributed by atoms with Crippen LogP contribution in [0.3, 0.4) is 0 Å². The van der Waals surface area contributed by atoms with Crippen LogP contribution in [-0.4, -0.2) is 32.4 Å². The SMILES string of the molecule is CCCn1cncc1C1C(N)CCCC(=O)N1C1CC1. The number of hydrogen-bond acceptors (Lipinski definition) is 3. The molecule has 2 N–H and O–H groups in total. The number of nitrogens with zero attached hydrogens (tertiary/aromatic N) is 3. The molecule has 5 nitrogen and oxygen atoms in total. The minimum atomic E-state index is 0.00606. The van der Waals surface area contributed by atoms with Crippen molar-refractivity contribution in [3.05, 3.63) is 18.2 Å². The lowest BCUT2D eigenvalue weighted by Gasteiger charge is -2.34. The van der Waals surface area contributed by atoms with Crippen molar-refractivity contribution in [3.63, 3.8) is 0 Å². The molecular formula is C15H24N4O. The van der Waals surface area contributed by atoms with Crippen LogP contribution in [0.5, 0.6) is 0 Å². The van der Waals surface area contributed by atoms with E-state index in [1.54, 1.807) is 0 Å². The van der Waals surface area contributed by atoms with E-state index in [1.807, 2.05) is 12.5 Å². The summed E-state index contributed by atoms with van der Waals surface area (Å²) in [5.74, 6) is 0.273. The third-order valence-corrected chi connectivity index (χ3v) is 4.37. The first-order valence-electron chi connectivity index (χ1n) is 7.79. The Morgan fingerprint density at radius 2 is 2.20 bits per heavy atom. The predicted octanol–water partition coefficient (Wildman–Crippen LogP) is 1.84. The first-order valence-corrected chi connectivity index (χ1v) is 7.79. The lowest BCUT2D eigenvalue weighted by atomic mass is 10.0. The highest BCUT2D eigenvalue weighted by molar-refractivity contribution is 5.77. The second-order valence-electron chi connectivity index (χ2n) is 6.05. The standard InChI is InChI=1S/C15H24N4O/c1-2-8-18-10-17-9-13(18)15-12(16)4-3-5-14(20)19(15)11-6-7-11/h9-12,15H,2-8,16H2,1H3. The van der Waals surface area contributed by atoms with Gasteiger partial charge in [-0.25, -0.2) is 4.98 Å². The van der Waals surface area contributed by atoms with Gasteiger partial charge in [0.25, 0.3) is 0 Å². The van der Waals surface area contributed by atoms with Crippen molar-refractivity contribution in [1.29, 1.82) is 0 Å². The molecular weight excluding hydrogens is 252 g/mol. The number of hydrogen-bond donors (Lipinski definition) is 1. The maximum atomic E-state index is 12.5. The molecule has 2 aliphatic rings. The molecule has 2 atom stereocenters. The number of carbonyl (C=O) groups excluding carboxylic acids is 1. The highest BCUT2D eigenvalue weighted by atomic mass is 16.2. The summed E-state index contributed by atoms with van der Waals surface area (Å²) in [6.07, 6.45) is 9.53. The Balaban J connectivity index is 1.96. The molecule has 2 fully saturated rings. The van der Waals surface area contributed by atoms with Gasteiger partial charge in [-0.15, -0.1) is 0 Å². The van der Waals surface area contributed by atoms with Crippen LogP contribution in [0.4, 0.5) is 0 Å². The van der Waals surface area contributed by atoms with E-state index in [2.05, 4.69) is 21.4 Å². The average molecular weight is 276 g/mol. The number of imidazole rings is 1. The Kier molecular flexibility index (Phi) is 3.78. The van der Waals surface area contributed by atoms with Crippen LogP contribution in [-0.2, 0) is 11.3 Å². The van der Waals surface area contributed by atoms with Gasteiger partial charge in [-0.2, -0.15) is 0 Å². The Bertz CT molecular complexity index is 480. The lowest BCUT2D eigenvalue weighted by Crippen LogP contribution is -2.44. The van der Waals surface area contributed by atoms with Crippen molar-refractivity contribution in [2.24, 2.45) is 5.73 Å². The van der Waals surface area contributed by atoms with E-state index in [0.717, 1.165) is 44.3 Å². The van der Waals surface area contributed by atoms with E-state index < -0.39 is 0 Å². The molecule has 2 unspecified atom stereocenters. The van der Waals surface area contributed by atoms with Crippen LogP contribution in [0.2, 0.25) is 0 Å². The van der Waals surface area contributed by atoms with Gasteiger partial charge in [0, 0.05) is 25.0 Å². The molecule has 0 bridgehead atoms. The zero-order valence-corrected chi connectivity index (χ0v) is 12.2. The van der Waals surface area contributed by atoms with Gasteiger partial charge in [0.05, 0.1) is 24.3 Å². The molecule has 0 spiro atoms.